The van der Waals surface area contributed by atoms with Crippen LogP contribution in [0.4, 0.5) is 5.13 Å². The lowest BCUT2D eigenvalue weighted by Crippen LogP contribution is -2.51. The van der Waals surface area contributed by atoms with E-state index >= 15 is 0 Å². The highest BCUT2D eigenvalue weighted by molar-refractivity contribution is 7.13. The Balaban J connectivity index is 1.51. The van der Waals surface area contributed by atoms with Gasteiger partial charge in [0, 0.05) is 44.3 Å². The minimum atomic E-state index is 0.432. The zero-order chi connectivity index (χ0) is 16.3. The number of hydrogen-bond acceptors (Lipinski definition) is 4. The van der Waals surface area contributed by atoms with Gasteiger partial charge in [0.25, 0.3) is 0 Å². The number of nitrogens with zero attached hydrogens (tertiary/aromatic N) is 4. The number of guanidine groups is 1. The van der Waals surface area contributed by atoms with E-state index in [1.165, 1.54) is 25.7 Å². The molecule has 6 heteroatoms. The van der Waals surface area contributed by atoms with Crippen molar-refractivity contribution in [1.29, 1.82) is 0 Å². The molecular weight excluding hydrogens is 306 g/mol. The summed E-state index contributed by atoms with van der Waals surface area (Å²) in [5.41, 5.74) is 6.71. The van der Waals surface area contributed by atoms with Crippen molar-refractivity contribution in [2.45, 2.75) is 39.5 Å². The molecule has 0 unspecified atom stereocenters. The first kappa shape index (κ1) is 16.6. The fourth-order valence-electron chi connectivity index (χ4n) is 3.82. The molecule has 0 amide bonds. The minimum Gasteiger partial charge on any atom is -0.370 e. The molecule has 2 fully saturated rings. The van der Waals surface area contributed by atoms with Gasteiger partial charge in [-0.3, -0.25) is 4.99 Å². The topological polar surface area (TPSA) is 57.8 Å². The molecule has 1 aromatic heterocycles. The molecule has 2 aliphatic rings. The summed E-state index contributed by atoms with van der Waals surface area (Å²) < 4.78 is 0. The van der Waals surface area contributed by atoms with E-state index in [-0.39, 0.29) is 0 Å². The second-order valence-corrected chi connectivity index (χ2v) is 8.29. The first-order valence-corrected chi connectivity index (χ1v) is 9.65. The lowest BCUT2D eigenvalue weighted by molar-refractivity contribution is 0.111. The number of hydrogen-bond donors (Lipinski definition) is 1. The van der Waals surface area contributed by atoms with Crippen LogP contribution >= 0.6 is 11.3 Å². The summed E-state index contributed by atoms with van der Waals surface area (Å²) >= 11 is 1.70. The summed E-state index contributed by atoms with van der Waals surface area (Å²) in [7, 11) is 0. The normalized spacial score (nSPS) is 21.6. The van der Waals surface area contributed by atoms with Crippen LogP contribution in [0.1, 0.15) is 39.5 Å². The minimum absolute atomic E-state index is 0.432. The molecule has 1 saturated carbocycles. The van der Waals surface area contributed by atoms with Gasteiger partial charge in [0.1, 0.15) is 0 Å². The average molecular weight is 336 g/mol. The molecule has 1 aliphatic carbocycles. The maximum atomic E-state index is 6.27. The standard InChI is InChI=1S/C17H29N5S/c1-14(2)12-17(4-3-5-17)13-20-15(18)21-7-9-22(10-8-21)16-19-6-11-23-16/h6,11,14H,3-5,7-10,12-13H2,1-2H3,(H2,18,20). The second kappa shape index (κ2) is 7.07. The molecule has 0 spiro atoms. The third-order valence-electron chi connectivity index (χ3n) is 5.13. The van der Waals surface area contributed by atoms with Crippen molar-refractivity contribution in [3.8, 4) is 0 Å². The maximum Gasteiger partial charge on any atom is 0.191 e. The lowest BCUT2D eigenvalue weighted by atomic mass is 9.64. The van der Waals surface area contributed by atoms with E-state index in [9.17, 15) is 0 Å². The van der Waals surface area contributed by atoms with E-state index in [0.717, 1.165) is 49.7 Å². The number of aliphatic imine (C=N–C) groups is 1. The molecule has 1 saturated heterocycles. The molecule has 1 aliphatic heterocycles. The van der Waals surface area contributed by atoms with Crippen LogP contribution in [0.5, 0.6) is 0 Å². The van der Waals surface area contributed by atoms with E-state index in [1.54, 1.807) is 11.3 Å². The molecule has 128 valence electrons. The van der Waals surface area contributed by atoms with Gasteiger partial charge in [-0.25, -0.2) is 4.98 Å². The molecule has 0 radical (unpaired) electrons. The van der Waals surface area contributed by atoms with Crippen LogP contribution in [0, 0.1) is 11.3 Å². The van der Waals surface area contributed by atoms with Gasteiger partial charge in [-0.05, 0) is 30.6 Å². The predicted molar refractivity (Wildman–Crippen MR) is 98.1 cm³/mol. The number of nitrogens with two attached hydrogens (primary N) is 1. The second-order valence-electron chi connectivity index (χ2n) is 7.41. The van der Waals surface area contributed by atoms with E-state index in [0.29, 0.717) is 5.41 Å². The van der Waals surface area contributed by atoms with Crippen LogP contribution in [-0.2, 0) is 0 Å². The van der Waals surface area contributed by atoms with Gasteiger partial charge in [0.05, 0.1) is 0 Å². The number of anilines is 1. The highest BCUT2D eigenvalue weighted by atomic mass is 32.1. The van der Waals surface area contributed by atoms with Gasteiger partial charge in [-0.15, -0.1) is 11.3 Å². The predicted octanol–water partition coefficient (Wildman–Crippen LogP) is 2.80. The fraction of sp³-hybridized carbons (Fsp3) is 0.765. The Hall–Kier alpha value is -1.30. The van der Waals surface area contributed by atoms with Gasteiger partial charge in [-0.1, -0.05) is 20.3 Å². The van der Waals surface area contributed by atoms with E-state index in [4.69, 9.17) is 10.7 Å². The maximum absolute atomic E-state index is 6.27. The van der Waals surface area contributed by atoms with Crippen molar-refractivity contribution < 1.29 is 0 Å². The van der Waals surface area contributed by atoms with Crippen molar-refractivity contribution in [3.05, 3.63) is 11.6 Å². The van der Waals surface area contributed by atoms with Crippen LogP contribution in [0.15, 0.2) is 16.6 Å². The monoisotopic (exact) mass is 335 g/mol. The number of piperazine rings is 1. The third kappa shape index (κ3) is 3.97. The van der Waals surface area contributed by atoms with Crippen molar-refractivity contribution in [2.24, 2.45) is 22.1 Å². The van der Waals surface area contributed by atoms with Crippen molar-refractivity contribution in [1.82, 2.24) is 9.88 Å². The largest absolute Gasteiger partial charge is 0.370 e. The fourth-order valence-corrected chi connectivity index (χ4v) is 4.51. The number of aromatic nitrogens is 1. The molecule has 0 aromatic carbocycles. The quantitative estimate of drug-likeness (QED) is 0.664. The summed E-state index contributed by atoms with van der Waals surface area (Å²) in [5.74, 6) is 1.48. The number of rotatable bonds is 5. The average Bonchev–Trinajstić information content (AvgIpc) is 3.03. The summed E-state index contributed by atoms with van der Waals surface area (Å²) in [6, 6.07) is 0. The van der Waals surface area contributed by atoms with Gasteiger partial charge in [0.2, 0.25) is 0 Å². The third-order valence-corrected chi connectivity index (χ3v) is 5.96. The van der Waals surface area contributed by atoms with Crippen LogP contribution in [0.3, 0.4) is 0 Å². The Kier molecular flexibility index (Phi) is 5.09. The van der Waals surface area contributed by atoms with Gasteiger partial charge in [-0.2, -0.15) is 0 Å². The Labute approximate surface area is 143 Å². The van der Waals surface area contributed by atoms with Crippen LogP contribution in [0.2, 0.25) is 0 Å². The van der Waals surface area contributed by atoms with Crippen LogP contribution in [0.25, 0.3) is 0 Å². The molecule has 0 bridgehead atoms. The SMILES string of the molecule is CC(C)CC1(CN=C(N)N2CCN(c3nccs3)CC2)CCC1. The summed E-state index contributed by atoms with van der Waals surface area (Å²) in [5, 5.41) is 3.15. The van der Waals surface area contributed by atoms with E-state index in [2.05, 4.69) is 28.6 Å². The van der Waals surface area contributed by atoms with Gasteiger partial charge < -0.3 is 15.5 Å². The molecule has 0 atom stereocenters. The zero-order valence-electron chi connectivity index (χ0n) is 14.4. The van der Waals surface area contributed by atoms with Gasteiger partial charge in [0.15, 0.2) is 11.1 Å². The first-order chi connectivity index (χ1) is 11.1. The summed E-state index contributed by atoms with van der Waals surface area (Å²) in [4.78, 5) is 13.7. The Bertz CT molecular complexity index is 513. The van der Waals surface area contributed by atoms with Crippen molar-refractivity contribution in [3.63, 3.8) is 0 Å². The molecule has 2 N–H and O–H groups in total. The smallest absolute Gasteiger partial charge is 0.191 e. The molecule has 23 heavy (non-hydrogen) atoms. The van der Waals surface area contributed by atoms with Crippen molar-refractivity contribution in [2.75, 3.05) is 37.6 Å². The molecule has 3 rings (SSSR count). The van der Waals surface area contributed by atoms with Crippen molar-refractivity contribution >= 4 is 22.4 Å². The molecular formula is C17H29N5S. The zero-order valence-corrected chi connectivity index (χ0v) is 15.2. The van der Waals surface area contributed by atoms with Crippen LogP contribution < -0.4 is 10.6 Å². The molecule has 1 aromatic rings. The van der Waals surface area contributed by atoms with Crippen LogP contribution in [-0.4, -0.2) is 48.6 Å². The summed E-state index contributed by atoms with van der Waals surface area (Å²) in [6.07, 6.45) is 7.14. The van der Waals surface area contributed by atoms with E-state index in [1.807, 2.05) is 11.6 Å². The summed E-state index contributed by atoms with van der Waals surface area (Å²) in [6.45, 7) is 9.35. The lowest BCUT2D eigenvalue weighted by Gasteiger charge is -2.42. The number of thiazole rings is 1. The van der Waals surface area contributed by atoms with Gasteiger partial charge >= 0.3 is 0 Å². The Morgan fingerprint density at radius 3 is 2.61 bits per heavy atom. The highest BCUT2D eigenvalue weighted by Gasteiger charge is 2.37. The van der Waals surface area contributed by atoms with E-state index < -0.39 is 0 Å². The molecule has 5 nitrogen and oxygen atoms in total. The Morgan fingerprint density at radius 2 is 2.09 bits per heavy atom. The Morgan fingerprint density at radius 1 is 1.35 bits per heavy atom. The highest BCUT2D eigenvalue weighted by Crippen LogP contribution is 2.46. The molecule has 2 heterocycles. The first-order valence-electron chi connectivity index (χ1n) is 8.77.